The van der Waals surface area contributed by atoms with Crippen molar-refractivity contribution in [3.05, 3.63) is 119 Å². The molecule has 1 aliphatic rings. The van der Waals surface area contributed by atoms with Crippen molar-refractivity contribution in [3.63, 3.8) is 0 Å². The van der Waals surface area contributed by atoms with E-state index in [2.05, 4.69) is 57.0 Å². The zero-order valence-corrected chi connectivity index (χ0v) is 24.3. The highest BCUT2D eigenvalue weighted by molar-refractivity contribution is 6.09. The molecule has 7 rings (SSSR count). The Balaban J connectivity index is 1.27. The summed E-state index contributed by atoms with van der Waals surface area (Å²) in [5.41, 5.74) is 7.85. The van der Waals surface area contributed by atoms with E-state index in [1.165, 1.54) is 41.6 Å². The molecule has 0 unspecified atom stereocenters. The molecule has 0 amide bonds. The van der Waals surface area contributed by atoms with Gasteiger partial charge in [-0.25, -0.2) is 14.1 Å². The molecule has 0 bridgehead atoms. The van der Waals surface area contributed by atoms with Crippen LogP contribution in [0.3, 0.4) is 0 Å². The van der Waals surface area contributed by atoms with Crippen LogP contribution in [0.2, 0.25) is 0 Å². The van der Waals surface area contributed by atoms with E-state index in [4.69, 9.17) is 9.84 Å². The Morgan fingerprint density at radius 3 is 2.50 bits per heavy atom. The minimum absolute atomic E-state index is 0.327. The largest absolute Gasteiger partial charge is 0.457 e. The van der Waals surface area contributed by atoms with Crippen LogP contribution in [0, 0.1) is 25.6 Å². The van der Waals surface area contributed by atoms with E-state index in [9.17, 15) is 4.39 Å². The van der Waals surface area contributed by atoms with Crippen LogP contribution in [0.1, 0.15) is 49.6 Å². The van der Waals surface area contributed by atoms with Gasteiger partial charge in [0.25, 0.3) is 0 Å². The maximum absolute atomic E-state index is 14.2. The first-order chi connectivity index (χ1) is 20.4. The third-order valence-corrected chi connectivity index (χ3v) is 8.69. The molecule has 6 heteroatoms. The van der Waals surface area contributed by atoms with Gasteiger partial charge in [0.05, 0.1) is 22.4 Å². The minimum atomic E-state index is -0.327. The van der Waals surface area contributed by atoms with Crippen LogP contribution in [0.25, 0.3) is 33.3 Å². The molecule has 6 aromatic rings. The maximum atomic E-state index is 14.2. The zero-order chi connectivity index (χ0) is 29.0. The van der Waals surface area contributed by atoms with Crippen molar-refractivity contribution in [2.24, 2.45) is 5.92 Å². The highest BCUT2D eigenvalue weighted by atomic mass is 19.1. The lowest BCUT2D eigenvalue weighted by atomic mass is 9.75. The Labute approximate surface area is 244 Å². The van der Waals surface area contributed by atoms with Crippen molar-refractivity contribution in [2.75, 3.05) is 0 Å². The number of aryl methyl sites for hydroxylation is 1. The molecule has 0 fully saturated rings. The predicted octanol–water partition coefficient (Wildman–Crippen LogP) is 9.37. The Morgan fingerprint density at radius 1 is 0.857 bits per heavy atom. The Bertz CT molecular complexity index is 2000. The second-order valence-corrected chi connectivity index (χ2v) is 11.4. The van der Waals surface area contributed by atoms with Crippen LogP contribution < -0.4 is 4.74 Å². The van der Waals surface area contributed by atoms with Crippen LogP contribution >= 0.6 is 0 Å². The second-order valence-electron chi connectivity index (χ2n) is 11.4. The number of para-hydroxylation sites is 1. The van der Waals surface area contributed by atoms with E-state index in [1.54, 1.807) is 0 Å². The lowest BCUT2D eigenvalue weighted by Gasteiger charge is -2.29. The van der Waals surface area contributed by atoms with Gasteiger partial charge >= 0.3 is 0 Å². The van der Waals surface area contributed by atoms with Crippen LogP contribution in [0.4, 0.5) is 4.39 Å². The molecule has 3 heterocycles. The molecule has 3 aromatic heterocycles. The molecule has 42 heavy (non-hydrogen) atoms. The van der Waals surface area contributed by atoms with Gasteiger partial charge in [-0.3, -0.25) is 4.57 Å². The number of hydrogen-bond donors (Lipinski definition) is 0. The molecule has 0 saturated carbocycles. The SMILES string of the molecule is CC1=CCC[C@H](C)[C@@H]1c1c(C)nn(-c2cccc(Oc3ccc4c5ccccc5n(-c5cc(F)ccn5)c4c3)c2)c1C. The molecule has 1 aliphatic carbocycles. The van der Waals surface area contributed by atoms with E-state index in [-0.39, 0.29) is 5.82 Å². The number of nitrogens with zero attached hydrogens (tertiary/aromatic N) is 4. The summed E-state index contributed by atoms with van der Waals surface area (Å²) < 4.78 is 24.7. The van der Waals surface area contributed by atoms with E-state index in [1.807, 2.05) is 57.8 Å². The Kier molecular flexibility index (Phi) is 6.42. The molecule has 0 spiro atoms. The third kappa shape index (κ3) is 4.38. The molecule has 5 nitrogen and oxygen atoms in total. The Hall–Kier alpha value is -4.71. The quantitative estimate of drug-likeness (QED) is 0.199. The Morgan fingerprint density at radius 2 is 1.67 bits per heavy atom. The van der Waals surface area contributed by atoms with Gasteiger partial charge in [0.2, 0.25) is 0 Å². The number of benzene rings is 3. The fourth-order valence-electron chi connectivity index (χ4n) is 6.78. The maximum Gasteiger partial charge on any atom is 0.140 e. The van der Waals surface area contributed by atoms with Crippen molar-refractivity contribution < 1.29 is 9.13 Å². The first-order valence-corrected chi connectivity index (χ1v) is 14.5. The van der Waals surface area contributed by atoms with Crippen LogP contribution in [0.5, 0.6) is 11.5 Å². The molecule has 3 aromatic carbocycles. The van der Waals surface area contributed by atoms with Crippen LogP contribution in [0.15, 0.2) is 96.7 Å². The number of allylic oxidation sites excluding steroid dienone is 2. The minimum Gasteiger partial charge on any atom is -0.457 e. The zero-order valence-electron chi connectivity index (χ0n) is 24.3. The highest BCUT2D eigenvalue weighted by Crippen LogP contribution is 2.41. The van der Waals surface area contributed by atoms with Gasteiger partial charge < -0.3 is 4.74 Å². The van der Waals surface area contributed by atoms with Crippen molar-refractivity contribution in [3.8, 4) is 23.0 Å². The standard InChI is InChI=1S/C36H33FN4O/c1-22-9-7-10-23(2)35(22)36-24(3)39-41(25(36)4)27-11-8-12-28(20-27)42-29-15-16-31-30-13-5-6-14-32(30)40(33(31)21-29)34-19-26(37)17-18-38-34/h5-6,8-9,11-21,23,35H,7,10H2,1-4H3/t23-,35+/m0/s1. The number of halogens is 1. The normalized spacial score (nSPS) is 17.1. The molecule has 0 radical (unpaired) electrons. The van der Waals surface area contributed by atoms with E-state index in [0.29, 0.717) is 23.4 Å². The average molecular weight is 557 g/mol. The van der Waals surface area contributed by atoms with Gasteiger partial charge in [-0.15, -0.1) is 0 Å². The number of fused-ring (bicyclic) bond motifs is 3. The van der Waals surface area contributed by atoms with Gasteiger partial charge in [-0.1, -0.05) is 42.8 Å². The van der Waals surface area contributed by atoms with Crippen molar-refractivity contribution in [1.82, 2.24) is 19.3 Å². The summed E-state index contributed by atoms with van der Waals surface area (Å²) in [6.45, 7) is 8.90. The van der Waals surface area contributed by atoms with Gasteiger partial charge in [0, 0.05) is 52.3 Å². The van der Waals surface area contributed by atoms with Crippen molar-refractivity contribution >= 4 is 21.8 Å². The highest BCUT2D eigenvalue weighted by Gasteiger charge is 2.29. The smallest absolute Gasteiger partial charge is 0.140 e. The fraction of sp³-hybridized carbons (Fsp3) is 0.222. The summed E-state index contributed by atoms with van der Waals surface area (Å²) in [6, 6.07) is 25.0. The third-order valence-electron chi connectivity index (χ3n) is 8.69. The van der Waals surface area contributed by atoms with Gasteiger partial charge in [0.1, 0.15) is 23.1 Å². The summed E-state index contributed by atoms with van der Waals surface area (Å²) in [4.78, 5) is 4.47. The summed E-state index contributed by atoms with van der Waals surface area (Å²) in [5.74, 6) is 2.59. The summed E-state index contributed by atoms with van der Waals surface area (Å²) in [7, 11) is 0. The van der Waals surface area contributed by atoms with E-state index >= 15 is 0 Å². The van der Waals surface area contributed by atoms with Crippen molar-refractivity contribution in [1.29, 1.82) is 0 Å². The first kappa shape index (κ1) is 26.2. The van der Waals surface area contributed by atoms with Crippen LogP contribution in [-0.4, -0.2) is 19.3 Å². The van der Waals surface area contributed by atoms with Gasteiger partial charge in [-0.2, -0.15) is 5.10 Å². The number of aromatic nitrogens is 4. The monoisotopic (exact) mass is 556 g/mol. The molecular formula is C36H33FN4O. The lowest BCUT2D eigenvalue weighted by Crippen LogP contribution is -2.16. The summed E-state index contributed by atoms with van der Waals surface area (Å²) >= 11 is 0. The van der Waals surface area contributed by atoms with Gasteiger partial charge in [-0.05, 0) is 75.9 Å². The van der Waals surface area contributed by atoms with Crippen molar-refractivity contribution in [2.45, 2.75) is 46.5 Å². The average Bonchev–Trinajstić information content (AvgIpc) is 3.46. The van der Waals surface area contributed by atoms with Gasteiger partial charge in [0.15, 0.2) is 0 Å². The molecule has 0 N–H and O–H groups in total. The van der Waals surface area contributed by atoms with E-state index in [0.717, 1.165) is 45.4 Å². The molecule has 0 saturated heterocycles. The number of ether oxygens (including phenoxy) is 1. The molecule has 210 valence electrons. The number of hydrogen-bond acceptors (Lipinski definition) is 3. The van der Waals surface area contributed by atoms with Crippen LogP contribution in [-0.2, 0) is 0 Å². The molecule has 0 aliphatic heterocycles. The fourth-order valence-corrected chi connectivity index (χ4v) is 6.78. The molecule has 2 atom stereocenters. The topological polar surface area (TPSA) is 44.9 Å². The summed E-state index contributed by atoms with van der Waals surface area (Å²) in [5, 5.41) is 7.11. The molecular weight excluding hydrogens is 523 g/mol. The summed E-state index contributed by atoms with van der Waals surface area (Å²) in [6.07, 6.45) is 6.23. The second kappa shape index (κ2) is 10.3. The first-order valence-electron chi connectivity index (χ1n) is 14.5. The lowest BCUT2D eigenvalue weighted by molar-refractivity contribution is 0.447. The van der Waals surface area contributed by atoms with E-state index < -0.39 is 0 Å². The predicted molar refractivity (Wildman–Crippen MR) is 167 cm³/mol. The number of pyridine rings is 1. The number of rotatable bonds is 5.